The number of carbonyl (C=O) groups is 2. The number of nitrogens with one attached hydrogen (secondary N) is 2. The number of para-hydroxylation sites is 1. The van der Waals surface area contributed by atoms with Crippen LogP contribution >= 0.6 is 11.6 Å². The molecule has 0 aromatic heterocycles. The molecule has 8 heteroatoms. The van der Waals surface area contributed by atoms with Gasteiger partial charge in [-0.3, -0.25) is 9.59 Å². The minimum absolute atomic E-state index is 0.298. The first kappa shape index (κ1) is 17.8. The van der Waals surface area contributed by atoms with E-state index in [1.807, 2.05) is 5.32 Å². The largest absolute Gasteiger partial charge is 0.418 e. The van der Waals surface area contributed by atoms with Crippen molar-refractivity contribution in [3.63, 3.8) is 0 Å². The Morgan fingerprint density at radius 3 is 2.08 bits per heavy atom. The molecule has 2 aromatic rings. The van der Waals surface area contributed by atoms with Gasteiger partial charge in [0.1, 0.15) is 0 Å². The van der Waals surface area contributed by atoms with Gasteiger partial charge in [0.05, 0.1) is 11.3 Å². The second kappa shape index (κ2) is 6.92. The van der Waals surface area contributed by atoms with Crippen molar-refractivity contribution in [2.24, 2.45) is 0 Å². The fraction of sp³-hybridized carbons (Fsp3) is 0.125. The van der Waals surface area contributed by atoms with Gasteiger partial charge in [0.25, 0.3) is 0 Å². The van der Waals surface area contributed by atoms with Crippen molar-refractivity contribution in [3.8, 4) is 0 Å². The first-order chi connectivity index (χ1) is 11.2. The van der Waals surface area contributed by atoms with Crippen LogP contribution in [-0.4, -0.2) is 11.8 Å². The molecule has 0 saturated carbocycles. The standard InChI is InChI=1S/C16H12ClF3N2O2/c1-9-11(17)6-4-8-12(9)21-14(23)15(24)22-13-7-3-2-5-10(13)16(18,19)20/h2-8H,1H3,(H,21,23)(H,22,24). The Bertz CT molecular complexity index is 791. The zero-order chi connectivity index (χ0) is 17.9. The van der Waals surface area contributed by atoms with Crippen molar-refractivity contribution in [2.45, 2.75) is 13.1 Å². The molecule has 0 heterocycles. The maximum Gasteiger partial charge on any atom is 0.418 e. The van der Waals surface area contributed by atoms with E-state index in [0.29, 0.717) is 16.3 Å². The average molecular weight is 357 g/mol. The number of anilines is 2. The number of amides is 2. The van der Waals surface area contributed by atoms with Gasteiger partial charge in [-0.05, 0) is 36.8 Å². The summed E-state index contributed by atoms with van der Waals surface area (Å²) in [5.74, 6) is -2.32. The normalized spacial score (nSPS) is 11.0. The lowest BCUT2D eigenvalue weighted by Crippen LogP contribution is -2.30. The Balaban J connectivity index is 2.16. The molecule has 0 aliphatic heterocycles. The molecule has 126 valence electrons. The molecule has 0 atom stereocenters. The van der Waals surface area contributed by atoms with Crippen LogP contribution in [0, 0.1) is 6.92 Å². The molecule has 0 aliphatic carbocycles. The Labute approximate surface area is 140 Å². The van der Waals surface area contributed by atoms with Gasteiger partial charge in [-0.2, -0.15) is 13.2 Å². The first-order valence-corrected chi connectivity index (χ1v) is 7.11. The number of carbonyl (C=O) groups excluding carboxylic acids is 2. The Hall–Kier alpha value is -2.54. The van der Waals surface area contributed by atoms with Gasteiger partial charge in [0.15, 0.2) is 0 Å². The van der Waals surface area contributed by atoms with Crippen molar-refractivity contribution in [1.29, 1.82) is 0 Å². The number of hydrogen-bond donors (Lipinski definition) is 2. The molecule has 2 rings (SSSR count). The molecule has 0 unspecified atom stereocenters. The average Bonchev–Trinajstić information content (AvgIpc) is 2.51. The molecule has 0 fully saturated rings. The zero-order valence-electron chi connectivity index (χ0n) is 12.4. The summed E-state index contributed by atoms with van der Waals surface area (Å²) in [6.07, 6.45) is -4.65. The van der Waals surface area contributed by atoms with Crippen LogP contribution in [0.3, 0.4) is 0 Å². The van der Waals surface area contributed by atoms with Crippen molar-refractivity contribution in [1.82, 2.24) is 0 Å². The molecule has 2 aromatic carbocycles. The van der Waals surface area contributed by atoms with E-state index >= 15 is 0 Å². The van der Waals surface area contributed by atoms with Crippen LogP contribution in [-0.2, 0) is 15.8 Å². The SMILES string of the molecule is Cc1c(Cl)cccc1NC(=O)C(=O)Nc1ccccc1C(F)(F)F. The first-order valence-electron chi connectivity index (χ1n) is 6.74. The third-order valence-corrected chi connectivity index (χ3v) is 3.61. The minimum atomic E-state index is -4.65. The second-order valence-corrected chi connectivity index (χ2v) is 5.27. The van der Waals surface area contributed by atoms with Crippen LogP contribution in [0.1, 0.15) is 11.1 Å². The van der Waals surface area contributed by atoms with Gasteiger partial charge in [-0.25, -0.2) is 0 Å². The topological polar surface area (TPSA) is 58.2 Å². The summed E-state index contributed by atoms with van der Waals surface area (Å²) in [6.45, 7) is 1.63. The molecule has 0 bridgehead atoms. The molecule has 2 amide bonds. The Kier molecular flexibility index (Phi) is 5.14. The number of alkyl halides is 3. The van der Waals surface area contributed by atoms with Crippen LogP contribution < -0.4 is 10.6 Å². The number of benzene rings is 2. The van der Waals surface area contributed by atoms with Gasteiger partial charge in [-0.1, -0.05) is 29.8 Å². The number of halogens is 4. The maximum absolute atomic E-state index is 12.9. The van der Waals surface area contributed by atoms with Crippen LogP contribution in [0.25, 0.3) is 0 Å². The van der Waals surface area contributed by atoms with Crippen molar-refractivity contribution in [3.05, 3.63) is 58.6 Å². The second-order valence-electron chi connectivity index (χ2n) is 4.86. The molecule has 0 radical (unpaired) electrons. The fourth-order valence-electron chi connectivity index (χ4n) is 1.94. The lowest BCUT2D eigenvalue weighted by Gasteiger charge is -2.14. The van der Waals surface area contributed by atoms with Gasteiger partial charge in [0, 0.05) is 10.7 Å². The highest BCUT2D eigenvalue weighted by Gasteiger charge is 2.34. The van der Waals surface area contributed by atoms with E-state index < -0.39 is 29.2 Å². The summed E-state index contributed by atoms with van der Waals surface area (Å²) in [6, 6.07) is 9.09. The predicted molar refractivity (Wildman–Crippen MR) is 84.9 cm³/mol. The predicted octanol–water partition coefficient (Wildman–Crippen LogP) is 4.24. The molecule has 24 heavy (non-hydrogen) atoms. The van der Waals surface area contributed by atoms with Crippen molar-refractivity contribution >= 4 is 34.8 Å². The minimum Gasteiger partial charge on any atom is -0.317 e. The van der Waals surface area contributed by atoms with Crippen molar-refractivity contribution in [2.75, 3.05) is 10.6 Å². The number of hydrogen-bond acceptors (Lipinski definition) is 2. The quantitative estimate of drug-likeness (QED) is 0.790. The fourth-order valence-corrected chi connectivity index (χ4v) is 2.11. The van der Waals surface area contributed by atoms with Crippen LogP contribution in [0.2, 0.25) is 5.02 Å². The summed E-state index contributed by atoms with van der Waals surface area (Å²) in [5, 5.41) is 4.66. The smallest absolute Gasteiger partial charge is 0.317 e. The Morgan fingerprint density at radius 2 is 1.46 bits per heavy atom. The van der Waals surface area contributed by atoms with E-state index in [0.717, 1.165) is 12.1 Å². The van der Waals surface area contributed by atoms with Gasteiger partial charge < -0.3 is 10.6 Å². The lowest BCUT2D eigenvalue weighted by molar-refractivity contribution is -0.137. The van der Waals surface area contributed by atoms with E-state index in [1.165, 1.54) is 18.2 Å². The highest BCUT2D eigenvalue weighted by atomic mass is 35.5. The van der Waals surface area contributed by atoms with E-state index in [9.17, 15) is 22.8 Å². The van der Waals surface area contributed by atoms with E-state index in [2.05, 4.69) is 5.32 Å². The molecule has 0 spiro atoms. The third kappa shape index (κ3) is 4.05. The maximum atomic E-state index is 12.9. The zero-order valence-corrected chi connectivity index (χ0v) is 13.1. The monoisotopic (exact) mass is 356 g/mol. The van der Waals surface area contributed by atoms with Crippen LogP contribution in [0.15, 0.2) is 42.5 Å². The number of rotatable bonds is 2. The van der Waals surface area contributed by atoms with Gasteiger partial charge in [0.2, 0.25) is 0 Å². The third-order valence-electron chi connectivity index (χ3n) is 3.20. The summed E-state index contributed by atoms with van der Waals surface area (Å²) in [7, 11) is 0. The highest BCUT2D eigenvalue weighted by Crippen LogP contribution is 2.34. The molecular formula is C16H12ClF3N2O2. The summed E-state index contributed by atoms with van der Waals surface area (Å²) < 4.78 is 38.6. The van der Waals surface area contributed by atoms with Crippen molar-refractivity contribution < 1.29 is 22.8 Å². The van der Waals surface area contributed by atoms with Gasteiger partial charge >= 0.3 is 18.0 Å². The van der Waals surface area contributed by atoms with Crippen LogP contribution in [0.5, 0.6) is 0 Å². The van der Waals surface area contributed by atoms with Crippen LogP contribution in [0.4, 0.5) is 24.5 Å². The summed E-state index contributed by atoms with van der Waals surface area (Å²) >= 11 is 5.90. The molecule has 2 N–H and O–H groups in total. The molecule has 0 aliphatic rings. The Morgan fingerprint density at radius 1 is 0.917 bits per heavy atom. The molecule has 4 nitrogen and oxygen atoms in total. The summed E-state index contributed by atoms with van der Waals surface area (Å²) in [4.78, 5) is 23.8. The van der Waals surface area contributed by atoms with E-state index in [-0.39, 0.29) is 0 Å². The van der Waals surface area contributed by atoms with E-state index in [1.54, 1.807) is 19.1 Å². The molecule has 0 saturated heterocycles. The molecular weight excluding hydrogens is 345 g/mol. The van der Waals surface area contributed by atoms with Gasteiger partial charge in [-0.15, -0.1) is 0 Å². The lowest BCUT2D eigenvalue weighted by atomic mass is 10.1. The summed E-state index contributed by atoms with van der Waals surface area (Å²) in [5.41, 5.74) is -0.694. The van der Waals surface area contributed by atoms with E-state index in [4.69, 9.17) is 11.6 Å². The highest BCUT2D eigenvalue weighted by molar-refractivity contribution is 6.44.